The molecule has 76 valence electrons. The summed E-state index contributed by atoms with van der Waals surface area (Å²) in [5, 5.41) is 0. The molecule has 0 saturated carbocycles. The number of nitrogen functional groups attached to an aromatic ring is 1. The largest absolute Gasteiger partial charge is 0.398 e. The summed E-state index contributed by atoms with van der Waals surface area (Å²) >= 11 is 1.70. The second-order valence-corrected chi connectivity index (χ2v) is 4.13. The first kappa shape index (κ1) is 10.9. The van der Waals surface area contributed by atoms with Crippen LogP contribution in [-0.2, 0) is 0 Å². The maximum atomic E-state index is 11.0. The smallest absolute Gasteiger partial charge is 0.250 e. The van der Waals surface area contributed by atoms with Gasteiger partial charge in [0.05, 0.1) is 5.56 Å². The lowest BCUT2D eigenvalue weighted by Crippen LogP contribution is -2.13. The second-order valence-electron chi connectivity index (χ2n) is 2.96. The summed E-state index contributed by atoms with van der Waals surface area (Å²) < 4.78 is 0. The molecule has 0 heterocycles. The number of hydrogen-bond donors (Lipinski definition) is 2. The number of carbonyl (C=O) groups is 1. The standard InChI is InChI=1S/C10H14N2OS/c1-2-5-14-7-3-4-9(11)8(6-7)10(12)13/h3-4,6H,2,5,11H2,1H3,(H2,12,13). The summed E-state index contributed by atoms with van der Waals surface area (Å²) in [7, 11) is 0. The Hall–Kier alpha value is -1.16. The minimum atomic E-state index is -0.471. The van der Waals surface area contributed by atoms with Crippen molar-refractivity contribution in [2.45, 2.75) is 18.2 Å². The highest BCUT2D eigenvalue weighted by molar-refractivity contribution is 7.99. The molecule has 0 saturated heterocycles. The highest BCUT2D eigenvalue weighted by Gasteiger charge is 2.06. The van der Waals surface area contributed by atoms with E-state index in [-0.39, 0.29) is 0 Å². The summed E-state index contributed by atoms with van der Waals surface area (Å²) in [6.45, 7) is 2.11. The first-order chi connectivity index (χ1) is 6.65. The van der Waals surface area contributed by atoms with Crippen molar-refractivity contribution in [3.63, 3.8) is 0 Å². The number of thioether (sulfide) groups is 1. The first-order valence-electron chi connectivity index (χ1n) is 4.47. The minimum Gasteiger partial charge on any atom is -0.398 e. The van der Waals surface area contributed by atoms with Gasteiger partial charge in [-0.1, -0.05) is 6.92 Å². The molecule has 0 aliphatic carbocycles. The molecule has 1 aromatic carbocycles. The van der Waals surface area contributed by atoms with E-state index in [9.17, 15) is 4.79 Å². The van der Waals surface area contributed by atoms with Crippen LogP contribution in [0.2, 0.25) is 0 Å². The summed E-state index contributed by atoms with van der Waals surface area (Å²) in [6.07, 6.45) is 1.10. The van der Waals surface area contributed by atoms with Gasteiger partial charge in [-0.25, -0.2) is 0 Å². The number of anilines is 1. The molecular formula is C10H14N2OS. The molecule has 0 unspecified atom stereocenters. The van der Waals surface area contributed by atoms with E-state index in [0.29, 0.717) is 11.3 Å². The number of benzene rings is 1. The molecule has 0 bridgehead atoms. The van der Waals surface area contributed by atoms with E-state index in [1.165, 1.54) is 0 Å². The van der Waals surface area contributed by atoms with E-state index >= 15 is 0 Å². The van der Waals surface area contributed by atoms with Crippen molar-refractivity contribution >= 4 is 23.4 Å². The van der Waals surface area contributed by atoms with Crippen LogP contribution in [-0.4, -0.2) is 11.7 Å². The SMILES string of the molecule is CCCSc1ccc(N)c(C(N)=O)c1. The van der Waals surface area contributed by atoms with Crippen molar-refractivity contribution in [3.05, 3.63) is 23.8 Å². The Balaban J connectivity index is 2.89. The maximum absolute atomic E-state index is 11.0. The molecule has 1 aromatic rings. The molecule has 0 aromatic heterocycles. The molecule has 0 aliphatic heterocycles. The van der Waals surface area contributed by atoms with Gasteiger partial charge >= 0.3 is 0 Å². The van der Waals surface area contributed by atoms with Gasteiger partial charge in [-0.05, 0) is 30.4 Å². The minimum absolute atomic E-state index is 0.408. The van der Waals surface area contributed by atoms with Crippen molar-refractivity contribution in [1.29, 1.82) is 0 Å². The van der Waals surface area contributed by atoms with E-state index in [0.717, 1.165) is 17.1 Å². The van der Waals surface area contributed by atoms with Gasteiger partial charge in [0.15, 0.2) is 0 Å². The van der Waals surface area contributed by atoms with Crippen LogP contribution in [0.4, 0.5) is 5.69 Å². The van der Waals surface area contributed by atoms with E-state index < -0.39 is 5.91 Å². The molecule has 4 N–H and O–H groups in total. The van der Waals surface area contributed by atoms with Gasteiger partial charge in [-0.2, -0.15) is 0 Å². The lowest BCUT2D eigenvalue weighted by atomic mass is 10.2. The van der Waals surface area contributed by atoms with Crippen molar-refractivity contribution < 1.29 is 4.79 Å². The Morgan fingerprint density at radius 2 is 2.21 bits per heavy atom. The Morgan fingerprint density at radius 1 is 1.50 bits per heavy atom. The van der Waals surface area contributed by atoms with Crippen LogP contribution in [0.5, 0.6) is 0 Å². The molecule has 1 rings (SSSR count). The monoisotopic (exact) mass is 210 g/mol. The Bertz CT molecular complexity index is 339. The number of rotatable bonds is 4. The number of primary amides is 1. The maximum Gasteiger partial charge on any atom is 0.250 e. The zero-order valence-electron chi connectivity index (χ0n) is 8.12. The lowest BCUT2D eigenvalue weighted by Gasteiger charge is -2.04. The predicted octanol–water partition coefficient (Wildman–Crippen LogP) is 1.87. The van der Waals surface area contributed by atoms with Gasteiger partial charge in [0.25, 0.3) is 5.91 Å². The third kappa shape index (κ3) is 2.67. The van der Waals surface area contributed by atoms with Crippen LogP contribution in [0.25, 0.3) is 0 Å². The summed E-state index contributed by atoms with van der Waals surface area (Å²) in [4.78, 5) is 12.0. The number of amides is 1. The van der Waals surface area contributed by atoms with Crippen molar-refractivity contribution in [2.75, 3.05) is 11.5 Å². The fourth-order valence-corrected chi connectivity index (χ4v) is 1.86. The fraction of sp³-hybridized carbons (Fsp3) is 0.300. The van der Waals surface area contributed by atoms with Crippen molar-refractivity contribution in [3.8, 4) is 0 Å². The van der Waals surface area contributed by atoms with Gasteiger partial charge in [0, 0.05) is 10.6 Å². The van der Waals surface area contributed by atoms with Crippen LogP contribution < -0.4 is 11.5 Å². The second kappa shape index (κ2) is 4.91. The van der Waals surface area contributed by atoms with Crippen LogP contribution in [0.3, 0.4) is 0 Å². The summed E-state index contributed by atoms with van der Waals surface area (Å²) in [5.41, 5.74) is 11.6. The topological polar surface area (TPSA) is 69.1 Å². The van der Waals surface area contributed by atoms with Crippen LogP contribution in [0.15, 0.2) is 23.1 Å². The molecule has 0 radical (unpaired) electrons. The average Bonchev–Trinajstić information content (AvgIpc) is 2.16. The molecular weight excluding hydrogens is 196 g/mol. The zero-order valence-corrected chi connectivity index (χ0v) is 8.93. The third-order valence-electron chi connectivity index (χ3n) is 1.76. The number of carbonyl (C=O) groups excluding carboxylic acids is 1. The van der Waals surface area contributed by atoms with Crippen LogP contribution in [0.1, 0.15) is 23.7 Å². The van der Waals surface area contributed by atoms with E-state index in [1.807, 2.05) is 6.07 Å². The Kier molecular flexibility index (Phi) is 3.83. The fourth-order valence-electron chi connectivity index (χ4n) is 1.06. The molecule has 4 heteroatoms. The average molecular weight is 210 g/mol. The van der Waals surface area contributed by atoms with E-state index in [1.54, 1.807) is 23.9 Å². The van der Waals surface area contributed by atoms with Gasteiger partial charge in [-0.3, -0.25) is 4.79 Å². The molecule has 0 fully saturated rings. The molecule has 3 nitrogen and oxygen atoms in total. The van der Waals surface area contributed by atoms with Crippen LogP contribution >= 0.6 is 11.8 Å². The van der Waals surface area contributed by atoms with Crippen LogP contribution in [0, 0.1) is 0 Å². The van der Waals surface area contributed by atoms with E-state index in [2.05, 4.69) is 6.92 Å². The lowest BCUT2D eigenvalue weighted by molar-refractivity contribution is 0.100. The van der Waals surface area contributed by atoms with E-state index in [4.69, 9.17) is 11.5 Å². The Labute approximate surface area is 87.9 Å². The van der Waals surface area contributed by atoms with Crippen molar-refractivity contribution in [2.24, 2.45) is 5.73 Å². The molecule has 0 spiro atoms. The first-order valence-corrected chi connectivity index (χ1v) is 5.46. The highest BCUT2D eigenvalue weighted by Crippen LogP contribution is 2.23. The van der Waals surface area contributed by atoms with Gasteiger partial charge in [0.1, 0.15) is 0 Å². The summed E-state index contributed by atoms with van der Waals surface area (Å²) in [6, 6.07) is 5.37. The molecule has 0 atom stereocenters. The zero-order chi connectivity index (χ0) is 10.6. The van der Waals surface area contributed by atoms with Gasteiger partial charge in [0.2, 0.25) is 0 Å². The Morgan fingerprint density at radius 3 is 2.79 bits per heavy atom. The third-order valence-corrected chi connectivity index (χ3v) is 2.96. The quantitative estimate of drug-likeness (QED) is 0.588. The molecule has 1 amide bonds. The number of nitrogens with two attached hydrogens (primary N) is 2. The van der Waals surface area contributed by atoms with Gasteiger partial charge in [-0.15, -0.1) is 11.8 Å². The summed E-state index contributed by atoms with van der Waals surface area (Å²) in [5.74, 6) is 0.559. The molecule has 14 heavy (non-hydrogen) atoms. The van der Waals surface area contributed by atoms with Crippen molar-refractivity contribution in [1.82, 2.24) is 0 Å². The highest BCUT2D eigenvalue weighted by atomic mass is 32.2. The van der Waals surface area contributed by atoms with Gasteiger partial charge < -0.3 is 11.5 Å². The number of hydrogen-bond acceptors (Lipinski definition) is 3. The predicted molar refractivity (Wildman–Crippen MR) is 60.4 cm³/mol. The normalized spacial score (nSPS) is 10.1. The molecule has 0 aliphatic rings.